The van der Waals surface area contributed by atoms with Crippen molar-refractivity contribution in [3.05, 3.63) is 0 Å². The van der Waals surface area contributed by atoms with Gasteiger partial charge in [0.25, 0.3) is 0 Å². The molecule has 0 aromatic rings. The molecule has 0 radical (unpaired) electrons. The van der Waals surface area contributed by atoms with E-state index in [0.29, 0.717) is 25.9 Å². The third-order valence-electron chi connectivity index (χ3n) is 3.15. The SMILES string of the molecule is N#CCCN(CC#N)CCC(CC#N)(CC#N)CC#N. The molecule has 0 aromatic carbocycles. The van der Waals surface area contributed by atoms with Crippen LogP contribution in [0.25, 0.3) is 0 Å². The molecule has 0 atom stereocenters. The Morgan fingerprint density at radius 2 is 1.25 bits per heavy atom. The molecule has 0 heterocycles. The summed E-state index contributed by atoms with van der Waals surface area (Å²) < 4.78 is 0. The molecule has 0 aliphatic rings. The molecule has 0 unspecified atom stereocenters. The molecule has 0 rings (SSSR count). The second-order valence-corrected chi connectivity index (χ2v) is 4.60. The molecule has 0 saturated heterocycles. The lowest BCUT2D eigenvalue weighted by molar-refractivity contribution is 0.213. The van der Waals surface area contributed by atoms with E-state index in [1.165, 1.54) is 0 Å². The summed E-state index contributed by atoms with van der Waals surface area (Å²) in [5, 5.41) is 44.0. The molecule has 0 fully saturated rings. The zero-order valence-electron chi connectivity index (χ0n) is 11.3. The molecule has 0 saturated carbocycles. The fourth-order valence-corrected chi connectivity index (χ4v) is 1.93. The standard InChI is InChI=1S/C14H16N6/c15-6-1-11-20(13-10-19)12-5-14(2-7-16,3-8-17)4-9-18/h1-5,11-13H2. The Morgan fingerprint density at radius 1 is 0.700 bits per heavy atom. The van der Waals surface area contributed by atoms with Gasteiger partial charge in [-0.2, -0.15) is 26.3 Å². The summed E-state index contributed by atoms with van der Waals surface area (Å²) in [6, 6.07) is 10.2. The van der Waals surface area contributed by atoms with Gasteiger partial charge < -0.3 is 0 Å². The maximum Gasteiger partial charge on any atom is 0.0866 e. The van der Waals surface area contributed by atoms with Gasteiger partial charge >= 0.3 is 0 Å². The van der Waals surface area contributed by atoms with Crippen LogP contribution in [-0.2, 0) is 0 Å². The van der Waals surface area contributed by atoms with Crippen LogP contribution in [0.3, 0.4) is 0 Å². The summed E-state index contributed by atoms with van der Waals surface area (Å²) in [6.07, 6.45) is 1.25. The van der Waals surface area contributed by atoms with Crippen LogP contribution in [0.2, 0.25) is 0 Å². The molecule has 0 aliphatic carbocycles. The first-order valence-electron chi connectivity index (χ1n) is 6.25. The van der Waals surface area contributed by atoms with Crippen LogP contribution in [0.4, 0.5) is 0 Å². The van der Waals surface area contributed by atoms with E-state index in [1.807, 2.05) is 35.2 Å². The van der Waals surface area contributed by atoms with Crippen molar-refractivity contribution in [1.82, 2.24) is 4.90 Å². The maximum atomic E-state index is 8.89. The lowest BCUT2D eigenvalue weighted by Gasteiger charge is -2.29. The van der Waals surface area contributed by atoms with Gasteiger partial charge in [0, 0.05) is 37.6 Å². The van der Waals surface area contributed by atoms with Gasteiger partial charge in [0.05, 0.1) is 36.9 Å². The highest BCUT2D eigenvalue weighted by atomic mass is 15.1. The van der Waals surface area contributed by atoms with Crippen molar-refractivity contribution in [2.24, 2.45) is 5.41 Å². The predicted octanol–water partition coefficient (Wildman–Crippen LogP) is 1.84. The van der Waals surface area contributed by atoms with Crippen LogP contribution >= 0.6 is 0 Å². The molecule has 20 heavy (non-hydrogen) atoms. The Kier molecular flexibility index (Phi) is 9.00. The minimum atomic E-state index is -0.640. The summed E-state index contributed by atoms with van der Waals surface area (Å²) >= 11 is 0. The largest absolute Gasteiger partial charge is 0.290 e. The molecule has 0 bridgehead atoms. The first kappa shape index (κ1) is 17.4. The van der Waals surface area contributed by atoms with Gasteiger partial charge in [0.15, 0.2) is 0 Å². The third-order valence-corrected chi connectivity index (χ3v) is 3.15. The summed E-state index contributed by atoms with van der Waals surface area (Å²) in [5.74, 6) is 0. The van der Waals surface area contributed by atoms with E-state index in [-0.39, 0.29) is 25.8 Å². The first-order chi connectivity index (χ1) is 9.67. The van der Waals surface area contributed by atoms with Crippen molar-refractivity contribution in [3.63, 3.8) is 0 Å². The minimum absolute atomic E-state index is 0.146. The van der Waals surface area contributed by atoms with Crippen LogP contribution in [0.1, 0.15) is 32.1 Å². The van der Waals surface area contributed by atoms with E-state index in [2.05, 4.69) is 0 Å². The Morgan fingerprint density at radius 3 is 1.65 bits per heavy atom. The van der Waals surface area contributed by atoms with Gasteiger partial charge in [-0.1, -0.05) is 0 Å². The number of hydrogen-bond acceptors (Lipinski definition) is 6. The molecule has 0 aromatic heterocycles. The molecular weight excluding hydrogens is 252 g/mol. The topological polar surface area (TPSA) is 122 Å². The number of hydrogen-bond donors (Lipinski definition) is 0. The molecule has 102 valence electrons. The molecular formula is C14H16N6. The minimum Gasteiger partial charge on any atom is -0.290 e. The average molecular weight is 268 g/mol. The highest BCUT2D eigenvalue weighted by Gasteiger charge is 2.30. The molecule has 0 spiro atoms. The lowest BCUT2D eigenvalue weighted by Crippen LogP contribution is -2.31. The normalized spacial score (nSPS) is 9.80. The first-order valence-corrected chi connectivity index (χ1v) is 6.25. The van der Waals surface area contributed by atoms with Crippen molar-refractivity contribution < 1.29 is 0 Å². The maximum absolute atomic E-state index is 8.89. The summed E-state index contributed by atoms with van der Waals surface area (Å²) in [7, 11) is 0. The monoisotopic (exact) mass is 268 g/mol. The smallest absolute Gasteiger partial charge is 0.0866 e. The van der Waals surface area contributed by atoms with Crippen molar-refractivity contribution in [1.29, 1.82) is 26.3 Å². The van der Waals surface area contributed by atoms with Crippen molar-refractivity contribution in [2.75, 3.05) is 19.6 Å². The average Bonchev–Trinajstić information content (AvgIpc) is 2.43. The Hall–Kier alpha value is -2.59. The van der Waals surface area contributed by atoms with Crippen molar-refractivity contribution in [2.45, 2.75) is 32.1 Å². The van der Waals surface area contributed by atoms with E-state index in [9.17, 15) is 0 Å². The summed E-state index contributed by atoms with van der Waals surface area (Å²) in [5.41, 5.74) is -0.640. The summed E-state index contributed by atoms with van der Waals surface area (Å²) in [4.78, 5) is 1.81. The Bertz CT molecular complexity index is 449. The number of nitrogens with zero attached hydrogens (tertiary/aromatic N) is 6. The van der Waals surface area contributed by atoms with Gasteiger partial charge in [-0.15, -0.1) is 0 Å². The molecule has 0 aliphatic heterocycles. The quantitative estimate of drug-likeness (QED) is 0.588. The fraction of sp³-hybridized carbons (Fsp3) is 0.643. The van der Waals surface area contributed by atoms with Gasteiger partial charge in [-0.25, -0.2) is 0 Å². The molecule has 0 N–H and O–H groups in total. The second-order valence-electron chi connectivity index (χ2n) is 4.60. The fourth-order valence-electron chi connectivity index (χ4n) is 1.93. The molecule has 6 nitrogen and oxygen atoms in total. The van der Waals surface area contributed by atoms with Gasteiger partial charge in [-0.05, 0) is 13.0 Å². The molecule has 6 heteroatoms. The van der Waals surface area contributed by atoms with Gasteiger partial charge in [0.2, 0.25) is 0 Å². The van der Waals surface area contributed by atoms with Crippen LogP contribution in [-0.4, -0.2) is 24.5 Å². The van der Waals surface area contributed by atoms with Crippen LogP contribution in [0.5, 0.6) is 0 Å². The summed E-state index contributed by atoms with van der Waals surface area (Å²) in [6.45, 7) is 1.18. The van der Waals surface area contributed by atoms with Crippen LogP contribution in [0.15, 0.2) is 0 Å². The Labute approximate surface area is 119 Å². The van der Waals surface area contributed by atoms with Crippen LogP contribution < -0.4 is 0 Å². The lowest BCUT2D eigenvalue weighted by atomic mass is 9.76. The van der Waals surface area contributed by atoms with E-state index in [1.54, 1.807) is 0 Å². The highest BCUT2D eigenvalue weighted by Crippen LogP contribution is 2.34. The Balaban J connectivity index is 4.76. The van der Waals surface area contributed by atoms with Crippen LogP contribution in [0, 0.1) is 62.1 Å². The second kappa shape index (κ2) is 10.3. The van der Waals surface area contributed by atoms with Gasteiger partial charge in [0.1, 0.15) is 0 Å². The van der Waals surface area contributed by atoms with E-state index >= 15 is 0 Å². The van der Waals surface area contributed by atoms with Gasteiger partial charge in [-0.3, -0.25) is 4.90 Å². The van der Waals surface area contributed by atoms with Crippen molar-refractivity contribution >= 4 is 0 Å². The predicted molar refractivity (Wildman–Crippen MR) is 70.0 cm³/mol. The van der Waals surface area contributed by atoms with E-state index < -0.39 is 5.41 Å². The van der Waals surface area contributed by atoms with Crippen molar-refractivity contribution in [3.8, 4) is 30.3 Å². The van der Waals surface area contributed by atoms with E-state index in [4.69, 9.17) is 26.3 Å². The molecule has 0 amide bonds. The number of rotatable bonds is 9. The third kappa shape index (κ3) is 6.37. The number of nitriles is 5. The zero-order chi connectivity index (χ0) is 15.3. The zero-order valence-corrected chi connectivity index (χ0v) is 11.3. The highest BCUT2D eigenvalue weighted by molar-refractivity contribution is 5.00. The van der Waals surface area contributed by atoms with E-state index in [0.717, 1.165) is 0 Å².